The van der Waals surface area contributed by atoms with Crippen molar-refractivity contribution in [3.8, 4) is 0 Å². The van der Waals surface area contributed by atoms with Gasteiger partial charge in [0.05, 0.1) is 7.11 Å². The van der Waals surface area contributed by atoms with Gasteiger partial charge in [-0.2, -0.15) is 26.3 Å². The Bertz CT molecular complexity index is 392. The summed E-state index contributed by atoms with van der Waals surface area (Å²) in [5, 5.41) is 6.02. The van der Waals surface area contributed by atoms with Crippen molar-refractivity contribution in [1.29, 1.82) is 5.41 Å². The average Bonchev–Trinajstić information content (AvgIpc) is 2.41. The number of hydrogen-bond acceptors (Lipinski definition) is 3. The molecule has 0 fully saturated rings. The molecule has 0 aromatic heterocycles. The SMILES string of the molecule is CC.CC(=N)C(F)(F)F.COSC(F)(F)F.Cc1ccccc1. The van der Waals surface area contributed by atoms with Gasteiger partial charge in [0.25, 0.3) is 0 Å². The third-order valence-electron chi connectivity index (χ3n) is 1.54. The number of benzene rings is 1. The van der Waals surface area contributed by atoms with Crippen molar-refractivity contribution < 1.29 is 30.5 Å². The highest BCUT2D eigenvalue weighted by molar-refractivity contribution is 7.95. The van der Waals surface area contributed by atoms with E-state index in [1.165, 1.54) is 5.56 Å². The first-order chi connectivity index (χ1) is 10.4. The number of hydrogen-bond donors (Lipinski definition) is 1. The summed E-state index contributed by atoms with van der Waals surface area (Å²) in [6.45, 7) is 6.79. The fourth-order valence-corrected chi connectivity index (χ4v) is 0.818. The molecule has 0 saturated heterocycles. The van der Waals surface area contributed by atoms with E-state index in [0.717, 1.165) is 7.11 Å². The molecule has 1 N–H and O–H groups in total. The minimum absolute atomic E-state index is 0.512. The van der Waals surface area contributed by atoms with Gasteiger partial charge in [-0.1, -0.05) is 49.7 Å². The van der Waals surface area contributed by atoms with Crippen LogP contribution in [0.15, 0.2) is 30.3 Å². The van der Waals surface area contributed by atoms with Gasteiger partial charge in [-0.25, -0.2) is 0 Å². The van der Waals surface area contributed by atoms with E-state index >= 15 is 0 Å². The highest BCUT2D eigenvalue weighted by Crippen LogP contribution is 2.29. The van der Waals surface area contributed by atoms with E-state index < -0.39 is 29.4 Å². The number of rotatable bonds is 1. The number of aryl methyl sites for hydroxylation is 1. The number of alkyl halides is 6. The predicted molar refractivity (Wildman–Crippen MR) is 82.6 cm³/mol. The molecule has 1 aromatic rings. The van der Waals surface area contributed by atoms with Crippen LogP contribution in [0.5, 0.6) is 0 Å². The first-order valence-electron chi connectivity index (χ1n) is 6.32. The van der Waals surface area contributed by atoms with E-state index in [2.05, 4.69) is 23.2 Å². The lowest BCUT2D eigenvalue weighted by atomic mass is 10.2. The summed E-state index contributed by atoms with van der Waals surface area (Å²) >= 11 is -0.512. The summed E-state index contributed by atoms with van der Waals surface area (Å²) in [6.07, 6.45) is -4.42. The van der Waals surface area contributed by atoms with E-state index in [1.807, 2.05) is 32.0 Å². The zero-order chi connectivity index (χ0) is 19.1. The minimum Gasteiger partial charge on any atom is -0.311 e. The molecule has 0 aliphatic heterocycles. The zero-order valence-corrected chi connectivity index (χ0v) is 14.3. The summed E-state index contributed by atoms with van der Waals surface area (Å²) < 4.78 is 69.2. The molecular weight excluding hydrogens is 344 g/mol. The first-order valence-corrected chi connectivity index (χ1v) is 7.07. The largest absolute Gasteiger partial charge is 0.467 e. The van der Waals surface area contributed by atoms with Crippen molar-refractivity contribution in [2.75, 3.05) is 7.11 Å². The fourth-order valence-electron chi connectivity index (χ4n) is 0.629. The Labute approximate surface area is 136 Å². The molecule has 2 nitrogen and oxygen atoms in total. The van der Waals surface area contributed by atoms with Crippen molar-refractivity contribution in [3.63, 3.8) is 0 Å². The molecule has 9 heteroatoms. The highest BCUT2D eigenvalue weighted by Gasteiger charge is 2.30. The van der Waals surface area contributed by atoms with Gasteiger partial charge in [0.15, 0.2) is 0 Å². The fraction of sp³-hybridized carbons (Fsp3) is 0.500. The minimum atomic E-state index is -4.42. The molecule has 0 bridgehead atoms. The second kappa shape index (κ2) is 14.4. The van der Waals surface area contributed by atoms with E-state index in [9.17, 15) is 26.3 Å². The van der Waals surface area contributed by atoms with Gasteiger partial charge < -0.3 is 9.59 Å². The van der Waals surface area contributed by atoms with Crippen molar-refractivity contribution in [1.82, 2.24) is 0 Å². The Morgan fingerprint density at radius 3 is 1.43 bits per heavy atom. The second-order valence-corrected chi connectivity index (χ2v) is 4.44. The van der Waals surface area contributed by atoms with Crippen LogP contribution < -0.4 is 0 Å². The first kappa shape index (κ1) is 26.7. The summed E-state index contributed by atoms with van der Waals surface area (Å²) in [7, 11) is 0.970. The Morgan fingerprint density at radius 1 is 1.00 bits per heavy atom. The van der Waals surface area contributed by atoms with Crippen LogP contribution in [0, 0.1) is 12.3 Å². The number of nitrogens with one attached hydrogen (secondary N) is 1. The van der Waals surface area contributed by atoms with Gasteiger partial charge in [0, 0.05) is 0 Å². The molecule has 1 rings (SSSR count). The summed E-state index contributed by atoms with van der Waals surface area (Å²) in [5.41, 5.74) is -4.19. The maximum absolute atomic E-state index is 11.0. The van der Waals surface area contributed by atoms with Gasteiger partial charge in [-0.05, 0) is 13.8 Å². The Hall–Kier alpha value is -1.22. The van der Waals surface area contributed by atoms with Gasteiger partial charge in [0.2, 0.25) is 0 Å². The van der Waals surface area contributed by atoms with Crippen LogP contribution in [-0.4, -0.2) is 24.5 Å². The standard InChI is InChI=1S/C7H8.C3H4F3N.C2H3F3OS.C2H6/c1-7-5-3-2-4-6-7;1-2(7)3(4,5)6;1-6-7-2(3,4)5;1-2/h2-6H,1H3;7H,1H3;1H3;1-2H3. The molecule has 0 atom stereocenters. The summed E-state index contributed by atoms with van der Waals surface area (Å²) in [4.78, 5) is 0. The van der Waals surface area contributed by atoms with Crippen LogP contribution in [0.2, 0.25) is 0 Å². The van der Waals surface area contributed by atoms with E-state index in [0.29, 0.717) is 6.92 Å². The molecule has 0 heterocycles. The third kappa shape index (κ3) is 26.0. The lowest BCUT2D eigenvalue weighted by Gasteiger charge is -1.99. The summed E-state index contributed by atoms with van der Waals surface area (Å²) in [6, 6.07) is 10.3. The molecule has 0 amide bonds. The van der Waals surface area contributed by atoms with Crippen LogP contribution in [-0.2, 0) is 4.18 Å². The van der Waals surface area contributed by atoms with Crippen LogP contribution in [0.25, 0.3) is 0 Å². The maximum Gasteiger partial charge on any atom is 0.467 e. The van der Waals surface area contributed by atoms with Crippen LogP contribution >= 0.6 is 12.0 Å². The maximum atomic E-state index is 11.0. The Morgan fingerprint density at radius 2 is 1.35 bits per heavy atom. The molecule has 0 aliphatic carbocycles. The van der Waals surface area contributed by atoms with E-state index in [-0.39, 0.29) is 0 Å². The monoisotopic (exact) mass is 365 g/mol. The zero-order valence-electron chi connectivity index (χ0n) is 13.5. The lowest BCUT2D eigenvalue weighted by Crippen LogP contribution is -2.17. The molecule has 136 valence electrons. The Balaban J connectivity index is -0.000000247. The second-order valence-electron chi connectivity index (χ2n) is 3.47. The highest BCUT2D eigenvalue weighted by atomic mass is 32.2. The quantitative estimate of drug-likeness (QED) is 0.354. The van der Waals surface area contributed by atoms with Crippen LogP contribution in [0.4, 0.5) is 26.3 Å². The molecule has 0 aliphatic rings. The van der Waals surface area contributed by atoms with E-state index in [4.69, 9.17) is 5.41 Å². The molecule has 1 aromatic carbocycles. The smallest absolute Gasteiger partial charge is 0.311 e. The Kier molecular flexibility index (Phi) is 16.7. The normalized spacial score (nSPS) is 10.0. The predicted octanol–water partition coefficient (Wildman–Crippen LogP) is 6.41. The molecule has 0 unspecified atom stereocenters. The molecule has 0 spiro atoms. The number of halogens is 6. The van der Waals surface area contributed by atoms with Gasteiger partial charge in [-0.3, -0.25) is 0 Å². The molecule has 23 heavy (non-hydrogen) atoms. The van der Waals surface area contributed by atoms with Crippen molar-refractivity contribution in [2.24, 2.45) is 0 Å². The van der Waals surface area contributed by atoms with Gasteiger partial charge in [-0.15, -0.1) is 0 Å². The molecular formula is C14H21F6NOS. The lowest BCUT2D eigenvalue weighted by molar-refractivity contribution is -0.0599. The third-order valence-corrected chi connectivity index (χ3v) is 1.90. The molecule has 0 saturated carbocycles. The topological polar surface area (TPSA) is 33.1 Å². The average molecular weight is 365 g/mol. The van der Waals surface area contributed by atoms with Gasteiger partial charge in [0.1, 0.15) is 17.8 Å². The summed E-state index contributed by atoms with van der Waals surface area (Å²) in [5.74, 6) is 0. The van der Waals surface area contributed by atoms with Gasteiger partial charge >= 0.3 is 11.7 Å². The van der Waals surface area contributed by atoms with Crippen LogP contribution in [0.1, 0.15) is 26.3 Å². The van der Waals surface area contributed by atoms with Crippen LogP contribution in [0.3, 0.4) is 0 Å². The molecule has 0 radical (unpaired) electrons. The van der Waals surface area contributed by atoms with Crippen molar-refractivity contribution in [3.05, 3.63) is 35.9 Å². The van der Waals surface area contributed by atoms with Crippen molar-refractivity contribution >= 4 is 17.8 Å². The van der Waals surface area contributed by atoms with E-state index in [1.54, 1.807) is 0 Å². The van der Waals surface area contributed by atoms with Crippen molar-refractivity contribution in [2.45, 2.75) is 39.4 Å².